The van der Waals surface area contributed by atoms with Crippen LogP contribution in [0.15, 0.2) is 4.90 Å². The minimum absolute atomic E-state index is 0.0411. The van der Waals surface area contributed by atoms with Gasteiger partial charge in [0.15, 0.2) is 0 Å². The molecular weight excluding hydrogens is 298 g/mol. The molecule has 110 valence electrons. The van der Waals surface area contributed by atoms with Crippen LogP contribution in [0.25, 0.3) is 0 Å². The highest BCUT2D eigenvalue weighted by Crippen LogP contribution is 2.42. The number of aliphatic hydroxyl groups excluding tert-OH is 1. The van der Waals surface area contributed by atoms with E-state index in [0.717, 1.165) is 25.0 Å². The lowest BCUT2D eigenvalue weighted by atomic mass is 9.77. The van der Waals surface area contributed by atoms with E-state index in [0.29, 0.717) is 17.1 Å². The van der Waals surface area contributed by atoms with Crippen molar-refractivity contribution in [3.05, 3.63) is 11.0 Å². The van der Waals surface area contributed by atoms with Gasteiger partial charge in [-0.1, -0.05) is 0 Å². The number of aliphatic hydroxyl groups is 1. The zero-order valence-corrected chi connectivity index (χ0v) is 13.1. The molecule has 0 aromatic carbocycles. The zero-order valence-electron chi connectivity index (χ0n) is 11.6. The molecule has 0 bridgehead atoms. The molecule has 1 unspecified atom stereocenters. The second-order valence-electron chi connectivity index (χ2n) is 6.24. The van der Waals surface area contributed by atoms with Crippen LogP contribution in [0.3, 0.4) is 0 Å². The standard InChI is InChI=1S/C13H18ClN3O2S/c1-12(2)6-8-9(20(12)19)10(16-11(14)15-8)17-13(7-18)4-3-5-13/h18H,3-7H2,1-2H3,(H,15,16,17). The SMILES string of the molecule is CC1(C)Cc2nc(Cl)nc(NC3(CO)CCC3)c2S1=O. The van der Waals surface area contributed by atoms with Crippen LogP contribution in [0.2, 0.25) is 5.28 Å². The summed E-state index contributed by atoms with van der Waals surface area (Å²) >= 11 is 5.98. The fourth-order valence-corrected chi connectivity index (χ4v) is 4.40. The van der Waals surface area contributed by atoms with Gasteiger partial charge in [-0.3, -0.25) is 4.21 Å². The van der Waals surface area contributed by atoms with Gasteiger partial charge < -0.3 is 10.4 Å². The van der Waals surface area contributed by atoms with E-state index in [-0.39, 0.29) is 22.2 Å². The lowest BCUT2D eigenvalue weighted by Gasteiger charge is -2.41. The number of aromatic nitrogens is 2. The Bertz CT molecular complexity index is 582. The molecule has 1 aromatic rings. The molecule has 3 rings (SSSR count). The fraction of sp³-hybridized carbons (Fsp3) is 0.692. The van der Waals surface area contributed by atoms with Gasteiger partial charge in [0.25, 0.3) is 0 Å². The van der Waals surface area contributed by atoms with Crippen LogP contribution in [0.4, 0.5) is 5.82 Å². The number of hydrogen-bond acceptors (Lipinski definition) is 5. The number of nitrogens with one attached hydrogen (secondary N) is 1. The highest BCUT2D eigenvalue weighted by Gasteiger charge is 2.43. The first-order valence-corrected chi connectivity index (χ1v) is 8.27. The minimum atomic E-state index is -1.17. The van der Waals surface area contributed by atoms with E-state index < -0.39 is 10.8 Å². The van der Waals surface area contributed by atoms with Crippen molar-refractivity contribution < 1.29 is 9.32 Å². The summed E-state index contributed by atoms with van der Waals surface area (Å²) in [5, 5.41) is 13.0. The maximum Gasteiger partial charge on any atom is 0.224 e. The fourth-order valence-electron chi connectivity index (χ4n) is 2.79. The smallest absolute Gasteiger partial charge is 0.224 e. The molecule has 1 aliphatic carbocycles. The summed E-state index contributed by atoms with van der Waals surface area (Å²) < 4.78 is 12.3. The van der Waals surface area contributed by atoms with Crippen LogP contribution in [0.1, 0.15) is 38.8 Å². The van der Waals surface area contributed by atoms with Gasteiger partial charge in [0, 0.05) is 6.42 Å². The third-order valence-corrected chi connectivity index (χ3v) is 6.30. The molecule has 1 aromatic heterocycles. The van der Waals surface area contributed by atoms with Crippen molar-refractivity contribution in [1.29, 1.82) is 0 Å². The van der Waals surface area contributed by atoms with Crippen molar-refractivity contribution >= 4 is 28.2 Å². The van der Waals surface area contributed by atoms with E-state index in [2.05, 4.69) is 15.3 Å². The largest absolute Gasteiger partial charge is 0.394 e. The Balaban J connectivity index is 2.03. The highest BCUT2D eigenvalue weighted by molar-refractivity contribution is 7.87. The molecule has 0 amide bonds. The van der Waals surface area contributed by atoms with Crippen molar-refractivity contribution in [2.24, 2.45) is 0 Å². The summed E-state index contributed by atoms with van der Waals surface area (Å²) in [4.78, 5) is 9.09. The predicted molar refractivity (Wildman–Crippen MR) is 78.5 cm³/mol. The zero-order chi connectivity index (χ0) is 14.5. The van der Waals surface area contributed by atoms with Gasteiger partial charge in [-0.15, -0.1) is 0 Å². The quantitative estimate of drug-likeness (QED) is 0.833. The molecule has 0 spiro atoms. The van der Waals surface area contributed by atoms with Crippen molar-refractivity contribution in [3.8, 4) is 0 Å². The summed E-state index contributed by atoms with van der Waals surface area (Å²) in [6, 6.07) is 0. The average molecular weight is 316 g/mol. The maximum atomic E-state index is 12.6. The first-order chi connectivity index (χ1) is 9.37. The first-order valence-electron chi connectivity index (χ1n) is 6.74. The van der Waals surface area contributed by atoms with Crippen LogP contribution in [0.5, 0.6) is 0 Å². The van der Waals surface area contributed by atoms with Gasteiger partial charge in [-0.25, -0.2) is 4.98 Å². The number of halogens is 1. The Hall–Kier alpha value is -0.720. The molecule has 20 heavy (non-hydrogen) atoms. The molecule has 1 fully saturated rings. The van der Waals surface area contributed by atoms with E-state index in [9.17, 15) is 9.32 Å². The number of anilines is 1. The molecule has 0 saturated heterocycles. The first kappa shape index (κ1) is 14.2. The minimum Gasteiger partial charge on any atom is -0.394 e. The van der Waals surface area contributed by atoms with Gasteiger partial charge in [0.05, 0.1) is 33.4 Å². The number of rotatable bonds is 3. The summed E-state index contributed by atoms with van der Waals surface area (Å²) in [6.07, 6.45) is 3.47. The van der Waals surface area contributed by atoms with Crippen molar-refractivity contribution in [1.82, 2.24) is 9.97 Å². The molecule has 1 saturated carbocycles. The van der Waals surface area contributed by atoms with Crippen LogP contribution < -0.4 is 5.32 Å². The molecular formula is C13H18ClN3O2S. The monoisotopic (exact) mass is 315 g/mol. The average Bonchev–Trinajstić information content (AvgIpc) is 2.54. The van der Waals surface area contributed by atoms with Crippen LogP contribution >= 0.6 is 11.6 Å². The van der Waals surface area contributed by atoms with E-state index in [4.69, 9.17) is 11.6 Å². The Kier molecular flexibility index (Phi) is 3.30. The van der Waals surface area contributed by atoms with Crippen LogP contribution in [-0.4, -0.2) is 36.2 Å². The van der Waals surface area contributed by atoms with Gasteiger partial charge in [0.2, 0.25) is 5.28 Å². The van der Waals surface area contributed by atoms with Gasteiger partial charge >= 0.3 is 0 Å². The Morgan fingerprint density at radius 2 is 2.10 bits per heavy atom. The van der Waals surface area contributed by atoms with Crippen molar-refractivity contribution in [2.75, 3.05) is 11.9 Å². The molecule has 2 N–H and O–H groups in total. The van der Waals surface area contributed by atoms with E-state index in [1.807, 2.05) is 13.8 Å². The Morgan fingerprint density at radius 3 is 2.65 bits per heavy atom. The van der Waals surface area contributed by atoms with E-state index in [1.54, 1.807) is 0 Å². The molecule has 2 heterocycles. The normalized spacial score (nSPS) is 25.9. The lowest BCUT2D eigenvalue weighted by molar-refractivity contribution is 0.143. The van der Waals surface area contributed by atoms with Gasteiger partial charge in [0.1, 0.15) is 10.7 Å². The third-order valence-electron chi connectivity index (χ3n) is 4.19. The highest BCUT2D eigenvalue weighted by atomic mass is 35.5. The predicted octanol–water partition coefficient (Wildman–Crippen LogP) is 1.90. The summed E-state index contributed by atoms with van der Waals surface area (Å²) in [5.74, 6) is 0.526. The topological polar surface area (TPSA) is 75.1 Å². The number of hydrogen-bond donors (Lipinski definition) is 2. The number of nitrogens with zero attached hydrogens (tertiary/aromatic N) is 2. The molecule has 1 aliphatic heterocycles. The summed E-state index contributed by atoms with van der Waals surface area (Å²) in [5.41, 5.74) is 0.408. The lowest BCUT2D eigenvalue weighted by Crippen LogP contribution is -2.48. The number of fused-ring (bicyclic) bond motifs is 1. The maximum absolute atomic E-state index is 12.6. The second-order valence-corrected chi connectivity index (χ2v) is 8.63. The van der Waals surface area contributed by atoms with Gasteiger partial charge in [-0.05, 0) is 44.7 Å². The third kappa shape index (κ3) is 2.14. The summed E-state index contributed by atoms with van der Waals surface area (Å²) in [7, 11) is -1.17. The Morgan fingerprint density at radius 1 is 1.40 bits per heavy atom. The molecule has 7 heteroatoms. The second kappa shape index (κ2) is 4.64. The van der Waals surface area contributed by atoms with Crippen LogP contribution in [0, 0.1) is 0 Å². The molecule has 5 nitrogen and oxygen atoms in total. The Labute approximate surface area is 125 Å². The van der Waals surface area contributed by atoms with Gasteiger partial charge in [-0.2, -0.15) is 4.98 Å². The molecule has 2 aliphatic rings. The molecule has 0 radical (unpaired) electrons. The molecule has 1 atom stereocenters. The van der Waals surface area contributed by atoms with E-state index >= 15 is 0 Å². The van der Waals surface area contributed by atoms with Crippen LogP contribution in [-0.2, 0) is 17.2 Å². The summed E-state index contributed by atoms with van der Waals surface area (Å²) in [6.45, 7) is 3.95. The van der Waals surface area contributed by atoms with E-state index in [1.165, 1.54) is 0 Å². The van der Waals surface area contributed by atoms with Crippen molar-refractivity contribution in [3.63, 3.8) is 0 Å². The van der Waals surface area contributed by atoms with Crippen molar-refractivity contribution in [2.45, 2.75) is 54.7 Å².